The van der Waals surface area contributed by atoms with E-state index in [0.29, 0.717) is 0 Å². The Balaban J connectivity index is 1.79. The summed E-state index contributed by atoms with van der Waals surface area (Å²) >= 11 is 8.04. The molecule has 0 spiro atoms. The van der Waals surface area contributed by atoms with Crippen LogP contribution < -0.4 is 0 Å². The highest BCUT2D eigenvalue weighted by atomic mass is 35.5. The molecule has 1 N–H and O–H groups in total. The molecule has 0 atom stereocenters. The van der Waals surface area contributed by atoms with Crippen molar-refractivity contribution in [1.82, 2.24) is 0 Å². The normalized spacial score (nSPS) is 11.6. The summed E-state index contributed by atoms with van der Waals surface area (Å²) in [6.07, 6.45) is 5.23. The fourth-order valence-corrected chi connectivity index (χ4v) is 4.09. The van der Waals surface area contributed by atoms with Gasteiger partial charge in [0.2, 0.25) is 0 Å². The number of rotatable bonds is 9. The first-order valence-corrected chi connectivity index (χ1v) is 9.58. The molecule has 130 valence electrons. The summed E-state index contributed by atoms with van der Waals surface area (Å²) in [5, 5.41) is 9.81. The molecule has 0 bridgehead atoms. The number of halogens is 1. The Labute approximate surface area is 153 Å². The predicted octanol–water partition coefficient (Wildman–Crippen LogP) is 6.01. The van der Waals surface area contributed by atoms with E-state index in [9.17, 15) is 4.79 Å². The van der Waals surface area contributed by atoms with Gasteiger partial charge in [-0.15, -0.1) is 11.3 Å². The highest BCUT2D eigenvalue weighted by Gasteiger charge is 2.21. The Hall–Kier alpha value is -1.32. The van der Waals surface area contributed by atoms with Crippen LogP contribution >= 0.6 is 22.9 Å². The van der Waals surface area contributed by atoms with E-state index in [1.165, 1.54) is 15.3 Å². The van der Waals surface area contributed by atoms with Crippen molar-refractivity contribution in [2.45, 2.75) is 52.4 Å². The van der Waals surface area contributed by atoms with Gasteiger partial charge in [0.1, 0.15) is 0 Å². The fourth-order valence-electron chi connectivity index (χ4n) is 2.80. The number of carboxylic acid groups (broad SMARTS) is 1. The Morgan fingerprint density at radius 1 is 1.08 bits per heavy atom. The molecule has 1 heterocycles. The minimum Gasteiger partial charge on any atom is -0.481 e. The molecule has 0 aliphatic carbocycles. The number of thiophene rings is 1. The lowest BCUT2D eigenvalue weighted by Gasteiger charge is -2.21. The van der Waals surface area contributed by atoms with Gasteiger partial charge in [0.25, 0.3) is 0 Å². The monoisotopic (exact) mass is 364 g/mol. The van der Waals surface area contributed by atoms with E-state index in [1.54, 1.807) is 0 Å². The van der Waals surface area contributed by atoms with Gasteiger partial charge in [-0.1, -0.05) is 43.6 Å². The summed E-state index contributed by atoms with van der Waals surface area (Å²) in [6.45, 7) is 4.05. The Kier molecular flexibility index (Phi) is 6.88. The third-order valence-electron chi connectivity index (χ3n) is 4.22. The van der Waals surface area contributed by atoms with Gasteiger partial charge in [0.05, 0.1) is 6.42 Å². The molecule has 4 heteroatoms. The number of hydrogen-bond acceptors (Lipinski definition) is 2. The maximum Gasteiger partial charge on any atom is 0.303 e. The SMILES string of the molecule is CC(C)(CCc1ccc(CCCc2ccccc2Cl)s1)CC(=O)O. The Morgan fingerprint density at radius 3 is 2.42 bits per heavy atom. The minimum atomic E-state index is -0.716. The van der Waals surface area contributed by atoms with Gasteiger partial charge in [-0.05, 0) is 61.3 Å². The van der Waals surface area contributed by atoms with E-state index in [4.69, 9.17) is 16.7 Å². The fraction of sp³-hybridized carbons (Fsp3) is 0.450. The lowest BCUT2D eigenvalue weighted by Crippen LogP contribution is -2.17. The molecular formula is C20H25ClO2S. The number of aliphatic carboxylic acids is 1. The van der Waals surface area contributed by atoms with E-state index in [1.807, 2.05) is 43.4 Å². The average molecular weight is 365 g/mol. The molecule has 0 fully saturated rings. The third kappa shape index (κ3) is 6.29. The maximum absolute atomic E-state index is 10.9. The number of hydrogen-bond donors (Lipinski definition) is 1. The van der Waals surface area contributed by atoms with Crippen molar-refractivity contribution in [2.24, 2.45) is 5.41 Å². The molecule has 2 rings (SSSR count). The molecule has 2 nitrogen and oxygen atoms in total. The van der Waals surface area contributed by atoms with E-state index < -0.39 is 5.97 Å². The van der Waals surface area contributed by atoms with Crippen LogP contribution in [0.5, 0.6) is 0 Å². The van der Waals surface area contributed by atoms with E-state index in [2.05, 4.69) is 18.2 Å². The molecule has 1 aromatic heterocycles. The molecule has 1 aromatic carbocycles. The topological polar surface area (TPSA) is 37.3 Å². The maximum atomic E-state index is 10.9. The van der Waals surface area contributed by atoms with E-state index in [-0.39, 0.29) is 11.8 Å². The average Bonchev–Trinajstić information content (AvgIpc) is 2.94. The van der Waals surface area contributed by atoms with E-state index in [0.717, 1.165) is 37.1 Å². The van der Waals surface area contributed by atoms with Crippen molar-refractivity contribution in [3.8, 4) is 0 Å². The van der Waals surface area contributed by atoms with Gasteiger partial charge in [-0.2, -0.15) is 0 Å². The van der Waals surface area contributed by atoms with Crippen molar-refractivity contribution in [2.75, 3.05) is 0 Å². The zero-order valence-electron chi connectivity index (χ0n) is 14.3. The van der Waals surface area contributed by atoms with Crippen LogP contribution in [0.15, 0.2) is 36.4 Å². The smallest absolute Gasteiger partial charge is 0.303 e. The Bertz CT molecular complexity index is 676. The van der Waals surface area contributed by atoms with Crippen LogP contribution in [-0.2, 0) is 24.1 Å². The minimum absolute atomic E-state index is 0.153. The van der Waals surface area contributed by atoms with Crippen LogP contribution in [0.2, 0.25) is 5.02 Å². The Morgan fingerprint density at radius 2 is 1.75 bits per heavy atom. The first kappa shape index (κ1) is 19.0. The molecule has 0 unspecified atom stereocenters. The van der Waals surface area contributed by atoms with Crippen molar-refractivity contribution >= 4 is 28.9 Å². The van der Waals surface area contributed by atoms with Gasteiger partial charge in [-0.25, -0.2) is 0 Å². The van der Waals surface area contributed by atoms with Crippen LogP contribution in [0.3, 0.4) is 0 Å². The lowest BCUT2D eigenvalue weighted by atomic mass is 9.84. The van der Waals surface area contributed by atoms with Crippen LogP contribution in [0.1, 0.15) is 48.4 Å². The van der Waals surface area contributed by atoms with Gasteiger partial charge >= 0.3 is 5.97 Å². The van der Waals surface area contributed by atoms with Gasteiger partial charge in [0, 0.05) is 14.8 Å². The van der Waals surface area contributed by atoms with Gasteiger partial charge in [0.15, 0.2) is 0 Å². The van der Waals surface area contributed by atoms with Crippen molar-refractivity contribution < 1.29 is 9.90 Å². The van der Waals surface area contributed by atoms with Crippen LogP contribution in [0.4, 0.5) is 0 Å². The second kappa shape index (κ2) is 8.68. The largest absolute Gasteiger partial charge is 0.481 e. The number of aryl methyl sites for hydroxylation is 3. The van der Waals surface area contributed by atoms with Crippen molar-refractivity contribution in [3.05, 3.63) is 56.7 Å². The zero-order valence-corrected chi connectivity index (χ0v) is 15.9. The molecule has 0 aliphatic heterocycles. The summed E-state index contributed by atoms with van der Waals surface area (Å²) in [7, 11) is 0. The van der Waals surface area contributed by atoms with Gasteiger partial charge in [-0.3, -0.25) is 4.79 Å². The summed E-state index contributed by atoms with van der Waals surface area (Å²) in [5.74, 6) is -0.716. The van der Waals surface area contributed by atoms with Crippen LogP contribution in [0.25, 0.3) is 0 Å². The highest BCUT2D eigenvalue weighted by molar-refractivity contribution is 7.11. The molecule has 0 amide bonds. The second-order valence-corrected chi connectivity index (χ2v) is 8.71. The first-order chi connectivity index (χ1) is 11.4. The summed E-state index contributed by atoms with van der Waals surface area (Å²) in [6, 6.07) is 12.4. The molecule has 0 radical (unpaired) electrons. The summed E-state index contributed by atoms with van der Waals surface area (Å²) < 4.78 is 0. The molecule has 0 saturated carbocycles. The second-order valence-electron chi connectivity index (χ2n) is 7.05. The van der Waals surface area contributed by atoms with Crippen molar-refractivity contribution in [1.29, 1.82) is 0 Å². The first-order valence-electron chi connectivity index (χ1n) is 8.38. The zero-order chi connectivity index (χ0) is 17.6. The van der Waals surface area contributed by atoms with Crippen LogP contribution in [-0.4, -0.2) is 11.1 Å². The van der Waals surface area contributed by atoms with Crippen LogP contribution in [0, 0.1) is 5.41 Å². The van der Waals surface area contributed by atoms with Crippen molar-refractivity contribution in [3.63, 3.8) is 0 Å². The molecular weight excluding hydrogens is 340 g/mol. The number of carboxylic acids is 1. The molecule has 24 heavy (non-hydrogen) atoms. The lowest BCUT2D eigenvalue weighted by molar-refractivity contribution is -0.139. The highest BCUT2D eigenvalue weighted by Crippen LogP contribution is 2.29. The number of carbonyl (C=O) groups is 1. The quantitative estimate of drug-likeness (QED) is 0.591. The number of benzene rings is 1. The van der Waals surface area contributed by atoms with E-state index >= 15 is 0 Å². The molecule has 0 aliphatic rings. The third-order valence-corrected chi connectivity index (χ3v) is 5.80. The molecule has 2 aromatic rings. The van der Waals surface area contributed by atoms with Gasteiger partial charge < -0.3 is 5.11 Å². The predicted molar refractivity (Wildman–Crippen MR) is 102 cm³/mol. The summed E-state index contributed by atoms with van der Waals surface area (Å²) in [4.78, 5) is 13.6. The summed E-state index contributed by atoms with van der Waals surface area (Å²) in [5.41, 5.74) is 1.06. The standard InChI is InChI=1S/C20H25ClO2S/c1-20(2,14-19(22)23)13-12-17-11-10-16(24-17)8-5-7-15-6-3-4-9-18(15)21/h3-4,6,9-11H,5,7-8,12-14H2,1-2H3,(H,22,23). The molecule has 0 saturated heterocycles.